The van der Waals surface area contributed by atoms with Crippen molar-refractivity contribution in [2.24, 2.45) is 0 Å². The van der Waals surface area contributed by atoms with E-state index in [0.717, 1.165) is 25.8 Å². The minimum absolute atomic E-state index is 0.0523. The number of nitrogens with zero attached hydrogens (tertiary/aromatic N) is 1. The summed E-state index contributed by atoms with van der Waals surface area (Å²) in [6, 6.07) is 14.4. The van der Waals surface area contributed by atoms with Crippen molar-refractivity contribution >= 4 is 23.2 Å². The van der Waals surface area contributed by atoms with Crippen molar-refractivity contribution in [1.82, 2.24) is 4.90 Å². The fraction of sp³-hybridized carbons (Fsp3) is 0.435. The van der Waals surface area contributed by atoms with E-state index in [1.165, 1.54) is 18.4 Å². The number of fused-ring (bicyclic) bond motifs is 1. The zero-order valence-corrected chi connectivity index (χ0v) is 17.3. The molecule has 1 amide bonds. The molecule has 154 valence electrons. The molecular formula is C23H27ClN2O3. The van der Waals surface area contributed by atoms with E-state index in [1.807, 2.05) is 6.07 Å². The smallest absolute Gasteiger partial charge is 0.238 e. The van der Waals surface area contributed by atoms with Gasteiger partial charge in [0.2, 0.25) is 5.91 Å². The molecule has 1 saturated carbocycles. The monoisotopic (exact) mass is 414 g/mol. The summed E-state index contributed by atoms with van der Waals surface area (Å²) in [6.07, 6.45) is 5.74. The number of benzene rings is 2. The molecule has 1 fully saturated rings. The molecule has 5 nitrogen and oxygen atoms in total. The predicted octanol–water partition coefficient (Wildman–Crippen LogP) is 4.54. The number of hydrogen-bond donors (Lipinski definition) is 1. The highest BCUT2D eigenvalue weighted by Crippen LogP contribution is 2.38. The van der Waals surface area contributed by atoms with Crippen LogP contribution in [0.2, 0.25) is 5.02 Å². The zero-order valence-electron chi connectivity index (χ0n) is 16.5. The van der Waals surface area contributed by atoms with E-state index >= 15 is 0 Å². The van der Waals surface area contributed by atoms with Crippen LogP contribution in [-0.4, -0.2) is 43.2 Å². The maximum Gasteiger partial charge on any atom is 0.238 e. The SMILES string of the molecule is O=C(CN(CCc1ccccc1)C1CCCC1)Nc1cc2c(cc1Cl)OCCO2. The molecule has 0 bridgehead atoms. The van der Waals surface area contributed by atoms with Crippen LogP contribution in [0, 0.1) is 0 Å². The first-order chi connectivity index (χ1) is 14.2. The Morgan fingerprint density at radius 3 is 2.48 bits per heavy atom. The molecule has 1 aliphatic heterocycles. The second-order valence-corrected chi connectivity index (χ2v) is 8.08. The normalized spacial score (nSPS) is 16.2. The molecule has 1 N–H and O–H groups in total. The first kappa shape index (κ1) is 20.0. The standard InChI is InChI=1S/C23H27ClN2O3/c24-19-14-21-22(29-13-12-28-21)15-20(19)25-23(27)16-26(18-8-4-5-9-18)11-10-17-6-2-1-3-7-17/h1-3,6-7,14-15,18H,4-5,8-13,16H2,(H,25,27). The molecule has 0 spiro atoms. The van der Waals surface area contributed by atoms with Crippen molar-refractivity contribution in [2.45, 2.75) is 38.1 Å². The van der Waals surface area contributed by atoms with E-state index in [0.29, 0.717) is 48.0 Å². The van der Waals surface area contributed by atoms with E-state index in [4.69, 9.17) is 21.1 Å². The molecular weight excluding hydrogens is 388 g/mol. The van der Waals surface area contributed by atoms with Gasteiger partial charge in [-0.3, -0.25) is 9.69 Å². The van der Waals surface area contributed by atoms with Crippen molar-refractivity contribution in [1.29, 1.82) is 0 Å². The Morgan fingerprint density at radius 1 is 1.07 bits per heavy atom. The second kappa shape index (κ2) is 9.51. The molecule has 0 unspecified atom stereocenters. The van der Waals surface area contributed by atoms with Crippen LogP contribution in [0.3, 0.4) is 0 Å². The van der Waals surface area contributed by atoms with Crippen LogP contribution in [0.4, 0.5) is 5.69 Å². The van der Waals surface area contributed by atoms with Gasteiger partial charge in [0.15, 0.2) is 11.5 Å². The molecule has 1 heterocycles. The Kier molecular flexibility index (Phi) is 6.57. The third-order valence-electron chi connectivity index (χ3n) is 5.62. The summed E-state index contributed by atoms with van der Waals surface area (Å²) < 4.78 is 11.1. The number of hydrogen-bond acceptors (Lipinski definition) is 4. The van der Waals surface area contributed by atoms with Gasteiger partial charge in [-0.05, 0) is 24.8 Å². The van der Waals surface area contributed by atoms with E-state index < -0.39 is 0 Å². The van der Waals surface area contributed by atoms with Gasteiger partial charge in [0.05, 0.1) is 17.3 Å². The largest absolute Gasteiger partial charge is 0.486 e. The van der Waals surface area contributed by atoms with Gasteiger partial charge in [-0.1, -0.05) is 54.8 Å². The molecule has 4 rings (SSSR count). The van der Waals surface area contributed by atoms with E-state index in [1.54, 1.807) is 12.1 Å². The molecule has 2 aromatic carbocycles. The number of anilines is 1. The molecule has 0 saturated heterocycles. The topological polar surface area (TPSA) is 50.8 Å². The average Bonchev–Trinajstić information content (AvgIpc) is 3.27. The van der Waals surface area contributed by atoms with Crippen LogP contribution >= 0.6 is 11.6 Å². The average molecular weight is 415 g/mol. The van der Waals surface area contributed by atoms with Crippen molar-refractivity contribution in [3.05, 3.63) is 53.1 Å². The highest BCUT2D eigenvalue weighted by molar-refractivity contribution is 6.34. The summed E-state index contributed by atoms with van der Waals surface area (Å²) in [6.45, 7) is 2.24. The molecule has 2 aliphatic rings. The Morgan fingerprint density at radius 2 is 1.76 bits per heavy atom. The number of carbonyl (C=O) groups is 1. The summed E-state index contributed by atoms with van der Waals surface area (Å²) in [5, 5.41) is 3.42. The minimum Gasteiger partial charge on any atom is -0.486 e. The summed E-state index contributed by atoms with van der Waals surface area (Å²) in [7, 11) is 0. The quantitative estimate of drug-likeness (QED) is 0.722. The van der Waals surface area contributed by atoms with Gasteiger partial charge >= 0.3 is 0 Å². The minimum atomic E-state index is -0.0523. The van der Waals surface area contributed by atoms with Crippen LogP contribution in [0.15, 0.2) is 42.5 Å². The van der Waals surface area contributed by atoms with Crippen LogP contribution in [-0.2, 0) is 11.2 Å². The van der Waals surface area contributed by atoms with Crippen molar-refractivity contribution in [2.75, 3.05) is 31.6 Å². The highest BCUT2D eigenvalue weighted by atomic mass is 35.5. The highest BCUT2D eigenvalue weighted by Gasteiger charge is 2.25. The van der Waals surface area contributed by atoms with Gasteiger partial charge in [-0.25, -0.2) is 0 Å². The number of nitrogens with one attached hydrogen (secondary N) is 1. The molecule has 2 aromatic rings. The lowest BCUT2D eigenvalue weighted by atomic mass is 10.1. The van der Waals surface area contributed by atoms with Crippen molar-refractivity contribution in [3.63, 3.8) is 0 Å². The lowest BCUT2D eigenvalue weighted by Crippen LogP contribution is -2.40. The lowest BCUT2D eigenvalue weighted by molar-refractivity contribution is -0.117. The zero-order chi connectivity index (χ0) is 20.1. The summed E-state index contributed by atoms with van der Waals surface area (Å²) in [4.78, 5) is 15.1. The van der Waals surface area contributed by atoms with Gasteiger partial charge < -0.3 is 14.8 Å². The number of ether oxygens (including phenoxy) is 2. The summed E-state index contributed by atoms with van der Waals surface area (Å²) in [5.74, 6) is 1.19. The maximum atomic E-state index is 12.8. The Bertz CT molecular complexity index is 838. The number of rotatable bonds is 7. The fourth-order valence-corrected chi connectivity index (χ4v) is 4.31. The molecule has 0 aromatic heterocycles. The van der Waals surface area contributed by atoms with E-state index in [9.17, 15) is 4.79 Å². The molecule has 0 radical (unpaired) electrons. The van der Waals surface area contributed by atoms with Crippen LogP contribution < -0.4 is 14.8 Å². The Hall–Kier alpha value is -2.24. The molecule has 0 atom stereocenters. The van der Waals surface area contributed by atoms with E-state index in [2.05, 4.69) is 34.5 Å². The summed E-state index contributed by atoms with van der Waals surface area (Å²) >= 11 is 6.35. The first-order valence-electron chi connectivity index (χ1n) is 10.4. The van der Waals surface area contributed by atoms with Gasteiger partial charge in [0, 0.05) is 24.7 Å². The van der Waals surface area contributed by atoms with Gasteiger partial charge in [0.25, 0.3) is 0 Å². The number of amides is 1. The molecule has 29 heavy (non-hydrogen) atoms. The van der Waals surface area contributed by atoms with Crippen molar-refractivity contribution < 1.29 is 14.3 Å². The first-order valence-corrected chi connectivity index (χ1v) is 10.7. The van der Waals surface area contributed by atoms with Gasteiger partial charge in [0.1, 0.15) is 13.2 Å². The molecule has 6 heteroatoms. The number of halogens is 1. The van der Waals surface area contributed by atoms with Crippen LogP contribution in [0.25, 0.3) is 0 Å². The van der Waals surface area contributed by atoms with Gasteiger partial charge in [-0.2, -0.15) is 0 Å². The third kappa shape index (κ3) is 5.22. The Balaban J connectivity index is 1.41. The lowest BCUT2D eigenvalue weighted by Gasteiger charge is -2.28. The summed E-state index contributed by atoms with van der Waals surface area (Å²) in [5.41, 5.74) is 1.86. The third-order valence-corrected chi connectivity index (χ3v) is 5.94. The van der Waals surface area contributed by atoms with Crippen LogP contribution in [0.5, 0.6) is 11.5 Å². The maximum absolute atomic E-state index is 12.8. The van der Waals surface area contributed by atoms with Crippen LogP contribution in [0.1, 0.15) is 31.2 Å². The van der Waals surface area contributed by atoms with Gasteiger partial charge in [-0.15, -0.1) is 0 Å². The Labute approximate surface area is 176 Å². The fourth-order valence-electron chi connectivity index (χ4n) is 4.11. The number of carbonyl (C=O) groups excluding carboxylic acids is 1. The predicted molar refractivity (Wildman–Crippen MR) is 115 cm³/mol. The van der Waals surface area contributed by atoms with E-state index in [-0.39, 0.29) is 5.91 Å². The van der Waals surface area contributed by atoms with Crippen molar-refractivity contribution in [3.8, 4) is 11.5 Å². The molecule has 1 aliphatic carbocycles. The second-order valence-electron chi connectivity index (χ2n) is 7.67.